The predicted molar refractivity (Wildman–Crippen MR) is 106 cm³/mol. The molecule has 0 saturated heterocycles. The van der Waals surface area contributed by atoms with Crippen molar-refractivity contribution in [2.75, 3.05) is 7.11 Å². The van der Waals surface area contributed by atoms with Crippen LogP contribution in [0.4, 0.5) is 0 Å². The summed E-state index contributed by atoms with van der Waals surface area (Å²) < 4.78 is 16.4. The number of hydrogen-bond acceptors (Lipinski definition) is 6. The lowest BCUT2D eigenvalue weighted by atomic mass is 9.84. The van der Waals surface area contributed by atoms with Gasteiger partial charge in [0.05, 0.1) is 19.1 Å². The second-order valence-corrected chi connectivity index (χ2v) is 7.73. The van der Waals surface area contributed by atoms with E-state index in [1.807, 2.05) is 0 Å². The van der Waals surface area contributed by atoms with Gasteiger partial charge in [0.15, 0.2) is 17.3 Å². The molecule has 2 heterocycles. The lowest BCUT2D eigenvalue weighted by Crippen LogP contribution is -2.21. The first-order valence-electron chi connectivity index (χ1n) is 9.56. The number of aromatic hydroxyl groups is 1. The van der Waals surface area contributed by atoms with Crippen LogP contribution in [0.5, 0.6) is 23.0 Å². The molecule has 1 unspecified atom stereocenters. The number of esters is 1. The number of rotatable bonds is 4. The van der Waals surface area contributed by atoms with Crippen LogP contribution in [0.2, 0.25) is 0 Å². The zero-order chi connectivity index (χ0) is 20.7. The molecule has 6 heteroatoms. The number of allylic oxidation sites excluding steroid dienone is 1. The lowest BCUT2D eigenvalue weighted by Gasteiger charge is -2.27. The molecule has 0 saturated carbocycles. The Morgan fingerprint density at radius 2 is 2.00 bits per heavy atom. The number of fused-ring (bicyclic) bond motifs is 3. The van der Waals surface area contributed by atoms with Crippen molar-refractivity contribution in [3.63, 3.8) is 0 Å². The summed E-state index contributed by atoms with van der Waals surface area (Å²) in [4.78, 5) is 24.9. The standard InChI is InChI=1S/C23H22O6/c1-12(2)8-14-11-20(25)28-18-7-5-15-22(26)19(29-23(15)21(14)18)10-13-4-6-17(27-3)16(24)9-13/h4-7,9-10,12,14,24H,8,11H2,1-3H3/b19-10-. The van der Waals surface area contributed by atoms with E-state index in [1.54, 1.807) is 30.3 Å². The Balaban J connectivity index is 1.73. The summed E-state index contributed by atoms with van der Waals surface area (Å²) in [7, 11) is 1.47. The molecule has 6 nitrogen and oxygen atoms in total. The molecule has 1 N–H and O–H groups in total. The molecule has 2 aliphatic rings. The maximum absolute atomic E-state index is 12.9. The lowest BCUT2D eigenvalue weighted by molar-refractivity contribution is -0.136. The quantitative estimate of drug-likeness (QED) is 0.469. The molecule has 0 aliphatic carbocycles. The summed E-state index contributed by atoms with van der Waals surface area (Å²) in [5.41, 5.74) is 1.85. The number of ketones is 1. The second-order valence-electron chi connectivity index (χ2n) is 7.73. The fourth-order valence-electron chi connectivity index (χ4n) is 3.92. The van der Waals surface area contributed by atoms with Crippen LogP contribution in [0.1, 0.15) is 54.1 Å². The van der Waals surface area contributed by atoms with Gasteiger partial charge in [-0.15, -0.1) is 0 Å². The van der Waals surface area contributed by atoms with E-state index in [0.29, 0.717) is 34.3 Å². The third-order valence-corrected chi connectivity index (χ3v) is 5.14. The first-order valence-corrected chi connectivity index (χ1v) is 9.56. The van der Waals surface area contributed by atoms with Gasteiger partial charge in [0.25, 0.3) is 0 Å². The van der Waals surface area contributed by atoms with Gasteiger partial charge >= 0.3 is 5.97 Å². The van der Waals surface area contributed by atoms with E-state index < -0.39 is 0 Å². The van der Waals surface area contributed by atoms with Crippen LogP contribution in [0, 0.1) is 5.92 Å². The van der Waals surface area contributed by atoms with E-state index in [2.05, 4.69) is 13.8 Å². The SMILES string of the molecule is COc1ccc(/C=C2\Oc3c(ccc4c3C(CC(C)C)CC(=O)O4)C2=O)cc1O. The molecule has 2 aromatic carbocycles. The zero-order valence-corrected chi connectivity index (χ0v) is 16.5. The predicted octanol–water partition coefficient (Wildman–Crippen LogP) is 4.46. The first-order chi connectivity index (χ1) is 13.9. The fourth-order valence-corrected chi connectivity index (χ4v) is 3.92. The van der Waals surface area contributed by atoms with E-state index in [-0.39, 0.29) is 35.6 Å². The Morgan fingerprint density at radius 3 is 2.69 bits per heavy atom. The number of Topliss-reactive ketones (excluding diaryl/α,β-unsaturated/α-hetero) is 1. The van der Waals surface area contributed by atoms with Crippen LogP contribution in [0.3, 0.4) is 0 Å². The minimum atomic E-state index is -0.267. The highest BCUT2D eigenvalue weighted by Crippen LogP contribution is 2.48. The largest absolute Gasteiger partial charge is 0.504 e. The van der Waals surface area contributed by atoms with Crippen molar-refractivity contribution in [3.05, 3.63) is 52.8 Å². The fraction of sp³-hybridized carbons (Fsp3) is 0.304. The third-order valence-electron chi connectivity index (χ3n) is 5.14. The molecule has 150 valence electrons. The molecular formula is C23H22O6. The number of hydrogen-bond donors (Lipinski definition) is 1. The minimum Gasteiger partial charge on any atom is -0.504 e. The molecule has 0 spiro atoms. The maximum atomic E-state index is 12.9. The van der Waals surface area contributed by atoms with Crippen LogP contribution >= 0.6 is 0 Å². The van der Waals surface area contributed by atoms with Crippen LogP contribution in [0.25, 0.3) is 6.08 Å². The van der Waals surface area contributed by atoms with Gasteiger partial charge in [0.1, 0.15) is 11.5 Å². The Labute approximate surface area is 168 Å². The van der Waals surface area contributed by atoms with Crippen LogP contribution in [0.15, 0.2) is 36.1 Å². The molecule has 2 aliphatic heterocycles. The molecule has 2 aromatic rings. The summed E-state index contributed by atoms with van der Waals surface area (Å²) in [6.45, 7) is 4.19. The van der Waals surface area contributed by atoms with Crippen molar-refractivity contribution in [3.8, 4) is 23.0 Å². The number of phenolic OH excluding ortho intramolecular Hbond substituents is 1. The van der Waals surface area contributed by atoms with E-state index in [1.165, 1.54) is 13.2 Å². The van der Waals surface area contributed by atoms with Crippen LogP contribution < -0.4 is 14.2 Å². The molecule has 29 heavy (non-hydrogen) atoms. The second kappa shape index (κ2) is 7.28. The Morgan fingerprint density at radius 1 is 1.21 bits per heavy atom. The number of methoxy groups -OCH3 is 1. The first kappa shape index (κ1) is 19.1. The van der Waals surface area contributed by atoms with Crippen LogP contribution in [-0.4, -0.2) is 24.0 Å². The molecular weight excluding hydrogens is 372 g/mol. The average Bonchev–Trinajstić information content (AvgIpc) is 2.96. The van der Waals surface area contributed by atoms with E-state index >= 15 is 0 Å². The Bertz CT molecular complexity index is 1030. The van der Waals surface area contributed by atoms with Crippen molar-refractivity contribution in [1.29, 1.82) is 0 Å². The van der Waals surface area contributed by atoms with Gasteiger partial charge in [0, 0.05) is 11.5 Å². The minimum absolute atomic E-state index is 0.0221. The molecule has 0 radical (unpaired) electrons. The Hall–Kier alpha value is -3.28. The summed E-state index contributed by atoms with van der Waals surface area (Å²) in [6.07, 6.45) is 2.65. The summed E-state index contributed by atoms with van der Waals surface area (Å²) in [6, 6.07) is 8.15. The molecule has 0 fully saturated rings. The highest BCUT2D eigenvalue weighted by Gasteiger charge is 2.37. The van der Waals surface area contributed by atoms with E-state index in [4.69, 9.17) is 14.2 Å². The number of carbonyl (C=O) groups excluding carboxylic acids is 2. The van der Waals surface area contributed by atoms with Gasteiger partial charge < -0.3 is 19.3 Å². The monoisotopic (exact) mass is 394 g/mol. The van der Waals surface area contributed by atoms with Crippen molar-refractivity contribution >= 4 is 17.8 Å². The van der Waals surface area contributed by atoms with Gasteiger partial charge in [0.2, 0.25) is 5.78 Å². The molecule has 4 rings (SSSR count). The summed E-state index contributed by atoms with van der Waals surface area (Å²) in [5.74, 6) is 1.24. The van der Waals surface area contributed by atoms with Crippen LogP contribution in [-0.2, 0) is 4.79 Å². The average molecular weight is 394 g/mol. The number of benzene rings is 2. The molecule has 0 aromatic heterocycles. The number of ether oxygens (including phenoxy) is 3. The molecule has 0 amide bonds. The van der Waals surface area contributed by atoms with Gasteiger partial charge in [-0.3, -0.25) is 9.59 Å². The third kappa shape index (κ3) is 3.46. The van der Waals surface area contributed by atoms with E-state index in [9.17, 15) is 14.7 Å². The number of carbonyl (C=O) groups is 2. The van der Waals surface area contributed by atoms with Gasteiger partial charge in [-0.05, 0) is 48.2 Å². The highest BCUT2D eigenvalue weighted by molar-refractivity contribution is 6.15. The van der Waals surface area contributed by atoms with Gasteiger partial charge in [-0.2, -0.15) is 0 Å². The topological polar surface area (TPSA) is 82.1 Å². The molecule has 1 atom stereocenters. The highest BCUT2D eigenvalue weighted by atomic mass is 16.5. The maximum Gasteiger partial charge on any atom is 0.311 e. The van der Waals surface area contributed by atoms with Gasteiger partial charge in [-0.25, -0.2) is 0 Å². The van der Waals surface area contributed by atoms with Crippen molar-refractivity contribution in [1.82, 2.24) is 0 Å². The Kier molecular flexibility index (Phi) is 4.78. The van der Waals surface area contributed by atoms with Crippen molar-refractivity contribution in [2.45, 2.75) is 32.6 Å². The van der Waals surface area contributed by atoms with Crippen molar-refractivity contribution < 1.29 is 28.9 Å². The molecule has 0 bridgehead atoms. The normalized spacial score (nSPS) is 19.0. The smallest absolute Gasteiger partial charge is 0.311 e. The zero-order valence-electron chi connectivity index (χ0n) is 16.5. The van der Waals surface area contributed by atoms with Crippen molar-refractivity contribution in [2.24, 2.45) is 5.92 Å². The number of phenols is 1. The van der Waals surface area contributed by atoms with E-state index in [0.717, 1.165) is 12.0 Å². The summed E-state index contributed by atoms with van der Waals surface area (Å²) in [5, 5.41) is 9.98. The summed E-state index contributed by atoms with van der Waals surface area (Å²) >= 11 is 0. The van der Waals surface area contributed by atoms with Gasteiger partial charge in [-0.1, -0.05) is 19.9 Å².